The lowest BCUT2D eigenvalue weighted by Gasteiger charge is -2.10. The lowest BCUT2D eigenvalue weighted by Crippen LogP contribution is -2.34. The molecule has 1 aromatic rings. The van der Waals surface area contributed by atoms with Gasteiger partial charge < -0.3 is 5.32 Å². The second-order valence-electron chi connectivity index (χ2n) is 3.87. The molecule has 0 saturated heterocycles. The first-order valence-corrected chi connectivity index (χ1v) is 5.64. The van der Waals surface area contributed by atoms with Crippen LogP contribution in [0.4, 0.5) is 10.1 Å². The molecule has 1 N–H and O–H groups in total. The molecule has 1 unspecified atom stereocenters. The van der Waals surface area contributed by atoms with Crippen molar-refractivity contribution in [1.82, 2.24) is 5.32 Å². The zero-order valence-corrected chi connectivity index (χ0v) is 10.2. The number of nitro groups is 1. The van der Waals surface area contributed by atoms with Gasteiger partial charge in [-0.1, -0.05) is 13.3 Å². The van der Waals surface area contributed by atoms with Gasteiger partial charge in [-0.15, -0.1) is 0 Å². The summed E-state index contributed by atoms with van der Waals surface area (Å²) in [7, 11) is 0. The first kappa shape index (κ1) is 14.6. The molecule has 0 aliphatic carbocycles. The molecular formula is C12H12FN3O3. The van der Waals surface area contributed by atoms with Gasteiger partial charge in [-0.3, -0.25) is 14.9 Å². The lowest BCUT2D eigenvalue weighted by atomic mass is 10.1. The number of nitrogens with zero attached hydrogens (tertiary/aromatic N) is 2. The van der Waals surface area contributed by atoms with Crippen molar-refractivity contribution in [2.24, 2.45) is 0 Å². The van der Waals surface area contributed by atoms with Gasteiger partial charge in [0.2, 0.25) is 0 Å². The topological polar surface area (TPSA) is 96.0 Å². The Balaban J connectivity index is 2.89. The van der Waals surface area contributed by atoms with Crippen LogP contribution in [0.25, 0.3) is 0 Å². The number of carbonyl (C=O) groups excluding carboxylic acids is 1. The van der Waals surface area contributed by atoms with Crippen LogP contribution in [0, 0.1) is 27.3 Å². The third-order valence-corrected chi connectivity index (χ3v) is 2.45. The molecule has 1 aromatic carbocycles. The first-order chi connectivity index (χ1) is 8.99. The average molecular weight is 265 g/mol. The Labute approximate surface area is 109 Å². The predicted octanol–water partition coefficient (Wildman–Crippen LogP) is 2.16. The third kappa shape index (κ3) is 3.74. The molecule has 0 aromatic heterocycles. The fraction of sp³-hybridized carbons (Fsp3) is 0.333. The summed E-state index contributed by atoms with van der Waals surface area (Å²) in [5.41, 5.74) is -0.749. The largest absolute Gasteiger partial charge is 0.336 e. The molecule has 0 bridgehead atoms. The van der Waals surface area contributed by atoms with Gasteiger partial charge in [0.15, 0.2) is 0 Å². The van der Waals surface area contributed by atoms with Crippen LogP contribution in [-0.2, 0) is 0 Å². The van der Waals surface area contributed by atoms with E-state index in [1.807, 2.05) is 13.0 Å². The Morgan fingerprint density at radius 2 is 2.32 bits per heavy atom. The number of halogens is 1. The van der Waals surface area contributed by atoms with Gasteiger partial charge in [-0.2, -0.15) is 5.26 Å². The van der Waals surface area contributed by atoms with Crippen molar-refractivity contribution in [3.63, 3.8) is 0 Å². The minimum Gasteiger partial charge on any atom is -0.336 e. The summed E-state index contributed by atoms with van der Waals surface area (Å²) >= 11 is 0. The van der Waals surface area contributed by atoms with Crippen molar-refractivity contribution in [1.29, 1.82) is 5.26 Å². The minimum atomic E-state index is -0.986. The third-order valence-electron chi connectivity index (χ3n) is 2.45. The van der Waals surface area contributed by atoms with E-state index in [-0.39, 0.29) is 5.56 Å². The highest BCUT2D eigenvalue weighted by Crippen LogP contribution is 2.16. The summed E-state index contributed by atoms with van der Waals surface area (Å²) in [5.74, 6) is -1.74. The smallest absolute Gasteiger partial charge is 0.272 e. The van der Waals surface area contributed by atoms with Gasteiger partial charge >= 0.3 is 0 Å². The summed E-state index contributed by atoms with van der Waals surface area (Å²) in [6.45, 7) is 1.85. The van der Waals surface area contributed by atoms with Crippen molar-refractivity contribution in [2.45, 2.75) is 25.8 Å². The Bertz CT molecular complexity index is 540. The molecule has 1 amide bonds. The number of benzene rings is 1. The highest BCUT2D eigenvalue weighted by atomic mass is 19.1. The summed E-state index contributed by atoms with van der Waals surface area (Å²) < 4.78 is 13.6. The summed E-state index contributed by atoms with van der Waals surface area (Å²) in [4.78, 5) is 21.4. The molecule has 0 aliphatic heterocycles. The van der Waals surface area contributed by atoms with E-state index in [4.69, 9.17) is 5.26 Å². The van der Waals surface area contributed by atoms with Crippen LogP contribution >= 0.6 is 0 Å². The fourth-order valence-corrected chi connectivity index (χ4v) is 1.50. The Kier molecular flexibility index (Phi) is 4.94. The van der Waals surface area contributed by atoms with Gasteiger partial charge in [0.05, 0.1) is 22.6 Å². The van der Waals surface area contributed by atoms with Crippen LogP contribution in [-0.4, -0.2) is 16.9 Å². The van der Waals surface area contributed by atoms with Crippen LogP contribution in [0.3, 0.4) is 0 Å². The van der Waals surface area contributed by atoms with Gasteiger partial charge in [-0.25, -0.2) is 4.39 Å². The molecule has 19 heavy (non-hydrogen) atoms. The second kappa shape index (κ2) is 6.44. The molecule has 1 atom stereocenters. The highest BCUT2D eigenvalue weighted by molar-refractivity contribution is 5.95. The van der Waals surface area contributed by atoms with E-state index < -0.39 is 28.4 Å². The maximum atomic E-state index is 13.6. The van der Waals surface area contributed by atoms with E-state index in [2.05, 4.69) is 5.32 Å². The fourth-order valence-electron chi connectivity index (χ4n) is 1.50. The zero-order chi connectivity index (χ0) is 14.4. The molecule has 0 fully saturated rings. The van der Waals surface area contributed by atoms with Crippen molar-refractivity contribution in [3.05, 3.63) is 39.7 Å². The van der Waals surface area contributed by atoms with Crippen molar-refractivity contribution in [3.8, 4) is 6.07 Å². The molecule has 0 heterocycles. The van der Waals surface area contributed by atoms with E-state index in [0.717, 1.165) is 12.1 Å². The molecule has 0 saturated carbocycles. The minimum absolute atomic E-state index is 0.318. The number of non-ortho nitro benzene ring substituents is 1. The standard InChI is InChI=1S/C12H12FN3O3/c1-2-3-8(7-14)15-12(17)10-5-4-9(16(18)19)6-11(10)13/h4-6,8H,2-3H2,1H3,(H,15,17). The molecular weight excluding hydrogens is 253 g/mol. The zero-order valence-electron chi connectivity index (χ0n) is 10.2. The summed E-state index contributed by atoms with van der Waals surface area (Å²) in [6, 6.07) is 3.94. The average Bonchev–Trinajstić information content (AvgIpc) is 2.37. The predicted molar refractivity (Wildman–Crippen MR) is 64.8 cm³/mol. The number of nitrogens with one attached hydrogen (secondary N) is 1. The number of hydrogen-bond donors (Lipinski definition) is 1. The van der Waals surface area contributed by atoms with Crippen LogP contribution in [0.5, 0.6) is 0 Å². The van der Waals surface area contributed by atoms with Crippen LogP contribution < -0.4 is 5.32 Å². The number of hydrogen-bond acceptors (Lipinski definition) is 4. The van der Waals surface area contributed by atoms with Crippen LogP contribution in [0.2, 0.25) is 0 Å². The Morgan fingerprint density at radius 1 is 1.63 bits per heavy atom. The monoisotopic (exact) mass is 265 g/mol. The summed E-state index contributed by atoms with van der Waals surface area (Å²) in [5, 5.41) is 21.6. The Morgan fingerprint density at radius 3 is 2.79 bits per heavy atom. The van der Waals surface area contributed by atoms with Gasteiger partial charge in [0.1, 0.15) is 11.9 Å². The molecule has 100 valence electrons. The quantitative estimate of drug-likeness (QED) is 0.651. The van der Waals surface area contributed by atoms with E-state index in [1.165, 1.54) is 0 Å². The van der Waals surface area contributed by atoms with Gasteiger partial charge in [0.25, 0.3) is 11.6 Å². The summed E-state index contributed by atoms with van der Waals surface area (Å²) in [6.07, 6.45) is 1.15. The SMILES string of the molecule is CCCC(C#N)NC(=O)c1ccc([N+](=O)[O-])cc1F. The number of nitro benzene ring substituents is 1. The molecule has 7 heteroatoms. The molecule has 1 rings (SSSR count). The van der Waals surface area contributed by atoms with Gasteiger partial charge in [0, 0.05) is 6.07 Å². The second-order valence-corrected chi connectivity index (χ2v) is 3.87. The normalized spacial score (nSPS) is 11.4. The van der Waals surface area contributed by atoms with E-state index in [0.29, 0.717) is 18.9 Å². The van der Waals surface area contributed by atoms with E-state index >= 15 is 0 Å². The van der Waals surface area contributed by atoms with Crippen molar-refractivity contribution < 1.29 is 14.1 Å². The maximum absolute atomic E-state index is 13.6. The molecule has 0 radical (unpaired) electrons. The van der Waals surface area contributed by atoms with E-state index in [1.54, 1.807) is 0 Å². The molecule has 0 spiro atoms. The van der Waals surface area contributed by atoms with Crippen LogP contribution in [0.15, 0.2) is 18.2 Å². The molecule has 0 aliphatic rings. The maximum Gasteiger partial charge on any atom is 0.272 e. The lowest BCUT2D eigenvalue weighted by molar-refractivity contribution is -0.385. The van der Waals surface area contributed by atoms with E-state index in [9.17, 15) is 19.3 Å². The number of rotatable bonds is 5. The first-order valence-electron chi connectivity index (χ1n) is 5.64. The van der Waals surface area contributed by atoms with Gasteiger partial charge in [-0.05, 0) is 12.5 Å². The van der Waals surface area contributed by atoms with Crippen molar-refractivity contribution in [2.75, 3.05) is 0 Å². The highest BCUT2D eigenvalue weighted by Gasteiger charge is 2.18. The molecule has 6 nitrogen and oxygen atoms in total. The van der Waals surface area contributed by atoms with Crippen LogP contribution in [0.1, 0.15) is 30.1 Å². The number of amides is 1. The number of nitriles is 1. The number of carbonyl (C=O) groups is 1. The Hall–Kier alpha value is -2.49. The van der Waals surface area contributed by atoms with Crippen molar-refractivity contribution >= 4 is 11.6 Å².